The van der Waals surface area contributed by atoms with Crippen LogP contribution < -0.4 is 10.6 Å². The first-order chi connectivity index (χ1) is 10.7. The third-order valence-corrected chi connectivity index (χ3v) is 3.21. The van der Waals surface area contributed by atoms with Gasteiger partial charge >= 0.3 is 12.2 Å². The summed E-state index contributed by atoms with van der Waals surface area (Å²) in [6, 6.07) is 0.206. The van der Waals surface area contributed by atoms with Crippen LogP contribution in [0.1, 0.15) is 55.4 Å². The highest BCUT2D eigenvalue weighted by molar-refractivity contribution is 5.69. The number of amides is 2. The number of likely N-dealkylation sites (tertiary alicyclic amines) is 1. The Morgan fingerprint density at radius 2 is 1.46 bits per heavy atom. The zero-order valence-electron chi connectivity index (χ0n) is 16.3. The minimum absolute atomic E-state index is 0.206. The number of ether oxygens (including phenoxy) is 2. The molecule has 1 aliphatic heterocycles. The van der Waals surface area contributed by atoms with E-state index in [-0.39, 0.29) is 12.1 Å². The van der Waals surface area contributed by atoms with Crippen molar-refractivity contribution in [3.8, 4) is 0 Å². The second kappa shape index (κ2) is 7.17. The normalized spacial score (nSPS) is 16.4. The summed E-state index contributed by atoms with van der Waals surface area (Å²) in [4.78, 5) is 25.4. The highest BCUT2D eigenvalue weighted by Gasteiger charge is 2.34. The summed E-state index contributed by atoms with van der Waals surface area (Å²) in [5.74, 6) is 0. The summed E-state index contributed by atoms with van der Waals surface area (Å²) in [6.45, 7) is 16.7. The molecule has 0 spiro atoms. The smallest absolute Gasteiger partial charge is 0.410 e. The summed E-state index contributed by atoms with van der Waals surface area (Å²) >= 11 is 0. The Kier molecular flexibility index (Phi) is 6.14. The van der Waals surface area contributed by atoms with Gasteiger partial charge in [-0.15, -0.1) is 0 Å². The second-order valence-corrected chi connectivity index (χ2v) is 8.97. The largest absolute Gasteiger partial charge is 0.444 e. The summed E-state index contributed by atoms with van der Waals surface area (Å²) in [6.07, 6.45) is -0.718. The van der Waals surface area contributed by atoms with Crippen molar-refractivity contribution in [2.75, 3.05) is 19.6 Å². The van der Waals surface area contributed by atoms with Gasteiger partial charge in [0, 0.05) is 25.7 Å². The average Bonchev–Trinajstić information content (AvgIpc) is 2.19. The van der Waals surface area contributed by atoms with Crippen molar-refractivity contribution in [1.29, 1.82) is 0 Å². The molecule has 140 valence electrons. The summed E-state index contributed by atoms with van der Waals surface area (Å²) < 4.78 is 10.6. The number of alkyl carbamates (subject to hydrolysis) is 1. The molecule has 1 fully saturated rings. The standard InChI is InChI=1S/C17H33N3O4/c1-15(2,3)23-13(21)19-17(7,8)11-18-12-9-20(10-12)14(22)24-16(4,5)6/h12,18H,9-11H2,1-8H3,(H,19,21). The Labute approximate surface area is 145 Å². The van der Waals surface area contributed by atoms with Gasteiger partial charge in [-0.25, -0.2) is 9.59 Å². The highest BCUT2D eigenvalue weighted by atomic mass is 16.6. The van der Waals surface area contributed by atoms with E-state index in [9.17, 15) is 9.59 Å². The quantitative estimate of drug-likeness (QED) is 0.820. The first-order valence-corrected chi connectivity index (χ1v) is 8.39. The van der Waals surface area contributed by atoms with Crippen LogP contribution in [0.15, 0.2) is 0 Å². The van der Waals surface area contributed by atoms with Gasteiger partial charge in [-0.2, -0.15) is 0 Å². The first-order valence-electron chi connectivity index (χ1n) is 8.39. The van der Waals surface area contributed by atoms with Gasteiger partial charge in [0.05, 0.1) is 5.54 Å². The lowest BCUT2D eigenvalue weighted by Gasteiger charge is -2.41. The number of nitrogens with one attached hydrogen (secondary N) is 2. The van der Waals surface area contributed by atoms with E-state index in [4.69, 9.17) is 9.47 Å². The van der Waals surface area contributed by atoms with E-state index in [0.29, 0.717) is 19.6 Å². The van der Waals surface area contributed by atoms with Crippen molar-refractivity contribution in [3.63, 3.8) is 0 Å². The van der Waals surface area contributed by atoms with Crippen LogP contribution in [0.25, 0.3) is 0 Å². The van der Waals surface area contributed by atoms with Crippen LogP contribution >= 0.6 is 0 Å². The maximum absolute atomic E-state index is 11.9. The molecule has 1 rings (SSSR count). The lowest BCUT2D eigenvalue weighted by atomic mass is 10.0. The molecule has 0 radical (unpaired) electrons. The van der Waals surface area contributed by atoms with Gasteiger partial charge in [0.15, 0.2) is 0 Å². The SMILES string of the molecule is CC(C)(CNC1CN(C(=O)OC(C)(C)C)C1)NC(=O)OC(C)(C)C. The number of hydrogen-bond acceptors (Lipinski definition) is 5. The van der Waals surface area contributed by atoms with E-state index in [0.717, 1.165) is 0 Å². The number of nitrogens with zero attached hydrogens (tertiary/aromatic N) is 1. The van der Waals surface area contributed by atoms with Gasteiger partial charge in [0.25, 0.3) is 0 Å². The predicted molar refractivity (Wildman–Crippen MR) is 93.0 cm³/mol. The molecule has 2 amide bonds. The van der Waals surface area contributed by atoms with Crippen LogP contribution in [-0.2, 0) is 9.47 Å². The molecule has 0 aromatic carbocycles. The maximum atomic E-state index is 11.9. The van der Waals surface area contributed by atoms with Gasteiger partial charge < -0.3 is 25.0 Å². The average molecular weight is 343 g/mol. The van der Waals surface area contributed by atoms with E-state index in [1.54, 1.807) is 4.90 Å². The zero-order chi connectivity index (χ0) is 18.8. The molecular formula is C17H33N3O4. The molecule has 0 aliphatic carbocycles. The van der Waals surface area contributed by atoms with Crippen molar-refractivity contribution in [2.45, 2.75) is 78.2 Å². The Morgan fingerprint density at radius 3 is 1.92 bits per heavy atom. The van der Waals surface area contributed by atoms with Crippen molar-refractivity contribution in [1.82, 2.24) is 15.5 Å². The molecule has 24 heavy (non-hydrogen) atoms. The van der Waals surface area contributed by atoms with Crippen LogP contribution in [0, 0.1) is 0 Å². The molecule has 0 unspecified atom stereocenters. The molecule has 1 aliphatic rings. The molecule has 0 bridgehead atoms. The minimum Gasteiger partial charge on any atom is -0.444 e. The number of carbonyl (C=O) groups excluding carboxylic acids is 2. The molecular weight excluding hydrogens is 310 g/mol. The first kappa shape index (κ1) is 20.5. The van der Waals surface area contributed by atoms with E-state index in [1.807, 2.05) is 55.4 Å². The van der Waals surface area contributed by atoms with Crippen LogP contribution in [0.2, 0.25) is 0 Å². The van der Waals surface area contributed by atoms with Gasteiger partial charge in [-0.1, -0.05) is 0 Å². The van der Waals surface area contributed by atoms with Crippen molar-refractivity contribution in [3.05, 3.63) is 0 Å². The number of rotatable bonds is 4. The van der Waals surface area contributed by atoms with Crippen LogP contribution in [0.3, 0.4) is 0 Å². The van der Waals surface area contributed by atoms with E-state index >= 15 is 0 Å². The Hall–Kier alpha value is -1.50. The molecule has 0 saturated carbocycles. The third kappa shape index (κ3) is 7.86. The van der Waals surface area contributed by atoms with E-state index in [2.05, 4.69) is 10.6 Å². The van der Waals surface area contributed by atoms with Crippen molar-refractivity contribution in [2.24, 2.45) is 0 Å². The van der Waals surface area contributed by atoms with E-state index in [1.165, 1.54) is 0 Å². The monoisotopic (exact) mass is 343 g/mol. The molecule has 7 nitrogen and oxygen atoms in total. The summed E-state index contributed by atoms with van der Waals surface area (Å²) in [7, 11) is 0. The summed E-state index contributed by atoms with van der Waals surface area (Å²) in [5.41, 5.74) is -1.45. The fraction of sp³-hybridized carbons (Fsp3) is 0.882. The summed E-state index contributed by atoms with van der Waals surface area (Å²) in [5, 5.41) is 6.21. The van der Waals surface area contributed by atoms with Crippen LogP contribution in [0.5, 0.6) is 0 Å². The van der Waals surface area contributed by atoms with Gasteiger partial charge in [-0.05, 0) is 55.4 Å². The van der Waals surface area contributed by atoms with Crippen LogP contribution in [0.4, 0.5) is 9.59 Å². The number of hydrogen-bond donors (Lipinski definition) is 2. The Balaban J connectivity index is 2.30. The zero-order valence-corrected chi connectivity index (χ0v) is 16.3. The fourth-order valence-electron chi connectivity index (χ4n) is 2.11. The van der Waals surface area contributed by atoms with Gasteiger partial charge in [0.1, 0.15) is 11.2 Å². The topological polar surface area (TPSA) is 79.9 Å². The molecule has 0 aromatic heterocycles. The van der Waals surface area contributed by atoms with Gasteiger partial charge in [0.2, 0.25) is 0 Å². The second-order valence-electron chi connectivity index (χ2n) is 8.97. The Bertz CT molecular complexity index is 457. The third-order valence-electron chi connectivity index (χ3n) is 3.21. The molecule has 1 heterocycles. The number of carbonyl (C=O) groups is 2. The predicted octanol–water partition coefficient (Wildman–Crippen LogP) is 2.50. The highest BCUT2D eigenvalue weighted by Crippen LogP contribution is 2.16. The lowest BCUT2D eigenvalue weighted by Crippen LogP contribution is -2.63. The molecule has 1 saturated heterocycles. The van der Waals surface area contributed by atoms with Crippen molar-refractivity contribution < 1.29 is 19.1 Å². The van der Waals surface area contributed by atoms with Crippen LogP contribution in [-0.4, -0.2) is 59.5 Å². The molecule has 7 heteroatoms. The van der Waals surface area contributed by atoms with E-state index < -0.39 is 22.8 Å². The molecule has 2 N–H and O–H groups in total. The molecule has 0 aromatic rings. The van der Waals surface area contributed by atoms with Crippen molar-refractivity contribution >= 4 is 12.2 Å². The maximum Gasteiger partial charge on any atom is 0.410 e. The lowest BCUT2D eigenvalue weighted by molar-refractivity contribution is 0.00482. The minimum atomic E-state index is -0.518. The Morgan fingerprint density at radius 1 is 0.958 bits per heavy atom. The molecule has 0 atom stereocenters. The van der Waals surface area contributed by atoms with Gasteiger partial charge in [-0.3, -0.25) is 0 Å². The fourth-order valence-corrected chi connectivity index (χ4v) is 2.11.